The zero-order valence-electron chi connectivity index (χ0n) is 12.6. The van der Waals surface area contributed by atoms with Crippen molar-refractivity contribution in [1.29, 1.82) is 0 Å². The lowest BCUT2D eigenvalue weighted by molar-refractivity contribution is -0.139. The lowest BCUT2D eigenvalue weighted by Gasteiger charge is -2.13. The summed E-state index contributed by atoms with van der Waals surface area (Å²) in [6, 6.07) is 5.56. The summed E-state index contributed by atoms with van der Waals surface area (Å²) in [6.45, 7) is 2.65. The highest BCUT2D eigenvalue weighted by Crippen LogP contribution is 2.15. The van der Waals surface area contributed by atoms with Gasteiger partial charge in [0.15, 0.2) is 9.84 Å². The van der Waals surface area contributed by atoms with Crippen LogP contribution < -0.4 is 10.1 Å². The van der Waals surface area contributed by atoms with Crippen molar-refractivity contribution in [1.82, 2.24) is 5.32 Å². The van der Waals surface area contributed by atoms with Gasteiger partial charge in [0.25, 0.3) is 0 Å². The van der Waals surface area contributed by atoms with Gasteiger partial charge in [-0.25, -0.2) is 8.42 Å². The molecule has 0 radical (unpaired) electrons. The molecule has 8 heteroatoms. The van der Waals surface area contributed by atoms with Gasteiger partial charge >= 0.3 is 5.97 Å². The summed E-state index contributed by atoms with van der Waals surface area (Å²) in [7, 11) is -3.21. The van der Waals surface area contributed by atoms with Gasteiger partial charge < -0.3 is 15.2 Å². The highest BCUT2D eigenvalue weighted by atomic mass is 35.5. The SMILES string of the molecule is CCCC(NCCOc1ccc(S(C)(=O)=O)cc1)C(=O)O.Cl. The Bertz CT molecular complexity index is 559. The van der Waals surface area contributed by atoms with Crippen molar-refractivity contribution in [2.45, 2.75) is 30.7 Å². The standard InChI is InChI=1S/C14H21NO5S.ClH/c1-3-4-13(14(16)17)15-9-10-20-11-5-7-12(8-6-11)21(2,18)19;/h5-8,13,15H,3-4,9-10H2,1-2H3,(H,16,17);1H. The van der Waals surface area contributed by atoms with E-state index in [0.29, 0.717) is 25.3 Å². The molecule has 1 unspecified atom stereocenters. The van der Waals surface area contributed by atoms with E-state index in [1.54, 1.807) is 12.1 Å². The number of hydrogen-bond donors (Lipinski definition) is 2. The smallest absolute Gasteiger partial charge is 0.320 e. The van der Waals surface area contributed by atoms with E-state index in [4.69, 9.17) is 9.84 Å². The third kappa shape index (κ3) is 7.11. The van der Waals surface area contributed by atoms with E-state index in [1.165, 1.54) is 12.1 Å². The number of hydrogen-bond acceptors (Lipinski definition) is 5. The van der Waals surface area contributed by atoms with Crippen LogP contribution in [-0.2, 0) is 14.6 Å². The van der Waals surface area contributed by atoms with E-state index < -0.39 is 21.8 Å². The number of carboxylic acid groups (broad SMARTS) is 1. The van der Waals surface area contributed by atoms with E-state index in [2.05, 4.69) is 5.32 Å². The zero-order chi connectivity index (χ0) is 15.9. The van der Waals surface area contributed by atoms with Gasteiger partial charge in [-0.05, 0) is 30.7 Å². The first-order chi connectivity index (χ1) is 9.84. The first-order valence-electron chi connectivity index (χ1n) is 6.73. The lowest BCUT2D eigenvalue weighted by Crippen LogP contribution is -2.38. The third-order valence-corrected chi connectivity index (χ3v) is 4.02. The highest BCUT2D eigenvalue weighted by molar-refractivity contribution is 7.90. The minimum absolute atomic E-state index is 0. The van der Waals surface area contributed by atoms with Crippen molar-refractivity contribution in [3.8, 4) is 5.75 Å². The van der Waals surface area contributed by atoms with Gasteiger partial charge in [-0.15, -0.1) is 12.4 Å². The average molecular weight is 352 g/mol. The van der Waals surface area contributed by atoms with Gasteiger partial charge in [0.1, 0.15) is 18.4 Å². The van der Waals surface area contributed by atoms with Gasteiger partial charge in [0, 0.05) is 12.8 Å². The normalized spacial score (nSPS) is 12.3. The molecule has 0 spiro atoms. The Morgan fingerprint density at radius 1 is 1.32 bits per heavy atom. The highest BCUT2D eigenvalue weighted by Gasteiger charge is 2.14. The number of carboxylic acids is 1. The fourth-order valence-electron chi connectivity index (χ4n) is 1.79. The fourth-order valence-corrected chi connectivity index (χ4v) is 2.42. The number of benzene rings is 1. The van der Waals surface area contributed by atoms with Crippen LogP contribution in [0, 0.1) is 0 Å². The van der Waals surface area contributed by atoms with Gasteiger partial charge in [0.2, 0.25) is 0 Å². The van der Waals surface area contributed by atoms with Crippen LogP contribution >= 0.6 is 12.4 Å². The molecule has 0 heterocycles. The molecule has 1 aromatic carbocycles. The molecule has 0 bridgehead atoms. The molecule has 1 atom stereocenters. The molecule has 22 heavy (non-hydrogen) atoms. The fraction of sp³-hybridized carbons (Fsp3) is 0.500. The van der Waals surface area contributed by atoms with Crippen molar-refractivity contribution < 1.29 is 23.1 Å². The van der Waals surface area contributed by atoms with Crippen molar-refractivity contribution in [2.24, 2.45) is 0 Å². The second kappa shape index (κ2) is 9.66. The Balaban J connectivity index is 0.00000441. The Morgan fingerprint density at radius 3 is 2.36 bits per heavy atom. The number of sulfone groups is 1. The number of carbonyl (C=O) groups is 1. The number of nitrogens with one attached hydrogen (secondary N) is 1. The molecule has 1 rings (SSSR count). The maximum absolute atomic E-state index is 11.3. The number of halogens is 1. The van der Waals surface area contributed by atoms with E-state index in [0.717, 1.165) is 12.7 Å². The van der Waals surface area contributed by atoms with E-state index in [1.807, 2.05) is 6.92 Å². The molecule has 0 aromatic heterocycles. The monoisotopic (exact) mass is 351 g/mol. The number of ether oxygens (including phenoxy) is 1. The molecule has 2 N–H and O–H groups in total. The summed E-state index contributed by atoms with van der Waals surface area (Å²) in [6.07, 6.45) is 2.50. The minimum atomic E-state index is -3.21. The number of aliphatic carboxylic acids is 1. The largest absolute Gasteiger partial charge is 0.492 e. The van der Waals surface area contributed by atoms with Crippen LogP contribution in [0.1, 0.15) is 19.8 Å². The summed E-state index contributed by atoms with van der Waals surface area (Å²) < 4.78 is 28.0. The molecule has 6 nitrogen and oxygen atoms in total. The molecule has 0 saturated heterocycles. The van der Waals surface area contributed by atoms with Crippen molar-refractivity contribution >= 4 is 28.2 Å². The summed E-state index contributed by atoms with van der Waals surface area (Å²) in [5, 5.41) is 11.9. The molecule has 1 aromatic rings. The molecule has 0 fully saturated rings. The van der Waals surface area contributed by atoms with Crippen LogP contribution in [0.15, 0.2) is 29.2 Å². The average Bonchev–Trinajstić information content (AvgIpc) is 2.41. The van der Waals surface area contributed by atoms with Crippen LogP contribution in [0.2, 0.25) is 0 Å². The second-order valence-electron chi connectivity index (χ2n) is 4.73. The van der Waals surface area contributed by atoms with Gasteiger partial charge in [-0.1, -0.05) is 13.3 Å². The van der Waals surface area contributed by atoms with Crippen molar-refractivity contribution in [2.75, 3.05) is 19.4 Å². The molecular weight excluding hydrogens is 330 g/mol. The summed E-state index contributed by atoms with van der Waals surface area (Å²) >= 11 is 0. The Hall–Kier alpha value is -1.31. The predicted molar refractivity (Wildman–Crippen MR) is 86.6 cm³/mol. The zero-order valence-corrected chi connectivity index (χ0v) is 14.2. The quantitative estimate of drug-likeness (QED) is 0.658. The molecule has 126 valence electrons. The predicted octanol–water partition coefficient (Wildman–Crippen LogP) is 1.73. The first kappa shape index (κ1) is 20.7. The molecule has 0 aliphatic carbocycles. The van der Waals surface area contributed by atoms with Gasteiger partial charge in [-0.3, -0.25) is 4.79 Å². The van der Waals surface area contributed by atoms with Gasteiger partial charge in [0.05, 0.1) is 4.90 Å². The maximum atomic E-state index is 11.3. The Labute approximate surface area is 137 Å². The molecule has 0 amide bonds. The van der Waals surface area contributed by atoms with Crippen LogP contribution in [-0.4, -0.2) is 44.9 Å². The molecule has 0 aliphatic heterocycles. The van der Waals surface area contributed by atoms with Crippen molar-refractivity contribution in [3.05, 3.63) is 24.3 Å². The van der Waals surface area contributed by atoms with Gasteiger partial charge in [-0.2, -0.15) is 0 Å². The maximum Gasteiger partial charge on any atom is 0.320 e. The number of rotatable bonds is 9. The summed E-state index contributed by atoms with van der Waals surface area (Å²) in [5.74, 6) is -0.319. The first-order valence-corrected chi connectivity index (χ1v) is 8.63. The van der Waals surface area contributed by atoms with Crippen LogP contribution in [0.3, 0.4) is 0 Å². The van der Waals surface area contributed by atoms with E-state index in [9.17, 15) is 13.2 Å². The van der Waals surface area contributed by atoms with Crippen LogP contribution in [0.4, 0.5) is 0 Å². The minimum Gasteiger partial charge on any atom is -0.492 e. The topological polar surface area (TPSA) is 92.7 Å². The second-order valence-corrected chi connectivity index (χ2v) is 6.74. The van der Waals surface area contributed by atoms with E-state index in [-0.39, 0.29) is 17.3 Å². The molecule has 0 saturated carbocycles. The Kier molecular flexibility index (Phi) is 9.08. The Morgan fingerprint density at radius 2 is 1.91 bits per heavy atom. The van der Waals surface area contributed by atoms with Crippen LogP contribution in [0.5, 0.6) is 5.75 Å². The lowest BCUT2D eigenvalue weighted by atomic mass is 10.2. The summed E-state index contributed by atoms with van der Waals surface area (Å²) in [5.41, 5.74) is 0. The molecular formula is C14H22ClNO5S. The van der Waals surface area contributed by atoms with Crippen molar-refractivity contribution in [3.63, 3.8) is 0 Å². The van der Waals surface area contributed by atoms with Crippen LogP contribution in [0.25, 0.3) is 0 Å². The third-order valence-electron chi connectivity index (χ3n) is 2.89. The summed E-state index contributed by atoms with van der Waals surface area (Å²) in [4.78, 5) is 11.2. The van der Waals surface area contributed by atoms with E-state index >= 15 is 0 Å². The molecule has 0 aliphatic rings.